The Labute approximate surface area is 184 Å². The summed E-state index contributed by atoms with van der Waals surface area (Å²) < 4.78 is 0. The smallest absolute Gasteiger partial charge is 0.239 e. The van der Waals surface area contributed by atoms with Crippen LogP contribution in [0.15, 0.2) is 59.9 Å². The van der Waals surface area contributed by atoms with Crippen LogP contribution in [0.25, 0.3) is 10.8 Å². The molecular formula is C23H22N4OS2. The molecule has 0 aliphatic rings. The molecule has 4 aromatic rings. The maximum atomic E-state index is 12.6. The van der Waals surface area contributed by atoms with Gasteiger partial charge in [0, 0.05) is 28.9 Å². The maximum absolute atomic E-state index is 12.6. The van der Waals surface area contributed by atoms with Gasteiger partial charge in [0.1, 0.15) is 0 Å². The molecule has 0 unspecified atom stereocenters. The summed E-state index contributed by atoms with van der Waals surface area (Å²) in [5.41, 5.74) is 3.05. The first-order chi connectivity index (χ1) is 14.5. The van der Waals surface area contributed by atoms with Crippen molar-refractivity contribution in [2.75, 3.05) is 5.32 Å². The first kappa shape index (κ1) is 20.5. The Morgan fingerprint density at radius 3 is 2.63 bits per heavy atom. The van der Waals surface area contributed by atoms with E-state index in [-0.39, 0.29) is 11.2 Å². The van der Waals surface area contributed by atoms with Gasteiger partial charge in [0.05, 0.1) is 5.25 Å². The van der Waals surface area contributed by atoms with Gasteiger partial charge in [-0.2, -0.15) is 0 Å². The molecule has 1 atom stereocenters. The highest BCUT2D eigenvalue weighted by atomic mass is 32.2. The number of thioether (sulfide) groups is 1. The molecule has 2 aromatic heterocycles. The lowest BCUT2D eigenvalue weighted by Gasteiger charge is -2.10. The molecular weight excluding hydrogens is 412 g/mol. The molecule has 152 valence electrons. The third-order valence-corrected chi connectivity index (χ3v) is 6.52. The largest absolute Gasteiger partial charge is 0.301 e. The number of benzene rings is 2. The van der Waals surface area contributed by atoms with Crippen LogP contribution >= 0.6 is 23.1 Å². The monoisotopic (exact) mass is 434 g/mol. The predicted molar refractivity (Wildman–Crippen MR) is 124 cm³/mol. The number of anilines is 1. The third kappa shape index (κ3) is 4.86. The van der Waals surface area contributed by atoms with Gasteiger partial charge in [-0.1, -0.05) is 54.2 Å². The topological polar surface area (TPSA) is 67.8 Å². The Balaban J connectivity index is 1.42. The molecule has 0 aliphatic carbocycles. The standard InChI is InChI=1S/C23H22N4OS2/c1-14-11-15(2)26-23(25-14)29-16(3)21(28)27-22-24-13-19(30-22)12-18-9-6-8-17-7-4-5-10-20(17)18/h4-11,13,16H,12H2,1-3H3,(H,24,27,28)/t16-/m1/s1. The number of thiazole rings is 1. The number of fused-ring (bicyclic) bond motifs is 1. The molecule has 30 heavy (non-hydrogen) atoms. The highest BCUT2D eigenvalue weighted by Gasteiger charge is 2.18. The van der Waals surface area contributed by atoms with E-state index in [1.807, 2.05) is 33.0 Å². The van der Waals surface area contributed by atoms with Crippen molar-refractivity contribution in [3.05, 3.63) is 76.6 Å². The second kappa shape index (κ2) is 8.93. The molecule has 0 radical (unpaired) electrons. The number of aryl methyl sites for hydroxylation is 2. The lowest BCUT2D eigenvalue weighted by molar-refractivity contribution is -0.115. The van der Waals surface area contributed by atoms with Crippen molar-refractivity contribution in [3.63, 3.8) is 0 Å². The van der Waals surface area contributed by atoms with E-state index in [1.54, 1.807) is 0 Å². The molecule has 0 spiro atoms. The third-order valence-electron chi connectivity index (χ3n) is 4.64. The summed E-state index contributed by atoms with van der Waals surface area (Å²) in [7, 11) is 0. The molecule has 0 saturated carbocycles. The average Bonchev–Trinajstić information content (AvgIpc) is 3.14. The van der Waals surface area contributed by atoms with E-state index >= 15 is 0 Å². The number of amides is 1. The van der Waals surface area contributed by atoms with Crippen LogP contribution in [0.1, 0.15) is 28.8 Å². The van der Waals surface area contributed by atoms with E-state index in [4.69, 9.17) is 0 Å². The molecule has 0 aliphatic heterocycles. The van der Waals surface area contributed by atoms with Crippen molar-refractivity contribution < 1.29 is 4.79 Å². The normalized spacial score (nSPS) is 12.1. The van der Waals surface area contributed by atoms with Crippen LogP contribution in [0.4, 0.5) is 5.13 Å². The zero-order chi connectivity index (χ0) is 21.1. The van der Waals surface area contributed by atoms with Gasteiger partial charge in [-0.15, -0.1) is 11.3 Å². The van der Waals surface area contributed by atoms with Crippen LogP contribution in [0.5, 0.6) is 0 Å². The van der Waals surface area contributed by atoms with Crippen LogP contribution in [-0.4, -0.2) is 26.1 Å². The number of hydrogen-bond acceptors (Lipinski definition) is 6. The molecule has 2 heterocycles. The van der Waals surface area contributed by atoms with Crippen molar-refractivity contribution >= 4 is 44.9 Å². The van der Waals surface area contributed by atoms with Gasteiger partial charge < -0.3 is 5.32 Å². The SMILES string of the molecule is Cc1cc(C)nc(S[C@H](C)C(=O)Nc2ncc(Cc3cccc4ccccc34)s2)n1. The molecule has 1 N–H and O–H groups in total. The second-order valence-corrected chi connectivity index (χ2v) is 9.55. The van der Waals surface area contributed by atoms with Crippen LogP contribution < -0.4 is 5.32 Å². The summed E-state index contributed by atoms with van der Waals surface area (Å²) >= 11 is 2.86. The van der Waals surface area contributed by atoms with Crippen molar-refractivity contribution in [3.8, 4) is 0 Å². The fourth-order valence-electron chi connectivity index (χ4n) is 3.25. The minimum atomic E-state index is -0.323. The van der Waals surface area contributed by atoms with Gasteiger partial charge in [0.25, 0.3) is 0 Å². The maximum Gasteiger partial charge on any atom is 0.239 e. The number of nitrogens with one attached hydrogen (secondary N) is 1. The van der Waals surface area contributed by atoms with Crippen LogP contribution in [0, 0.1) is 13.8 Å². The van der Waals surface area contributed by atoms with E-state index in [1.165, 1.54) is 39.4 Å². The fraction of sp³-hybridized carbons (Fsp3) is 0.217. The average molecular weight is 435 g/mol. The zero-order valence-corrected chi connectivity index (χ0v) is 18.7. The minimum absolute atomic E-state index is 0.103. The first-order valence-corrected chi connectivity index (χ1v) is 11.4. The van der Waals surface area contributed by atoms with Gasteiger partial charge in [-0.3, -0.25) is 4.79 Å². The van der Waals surface area contributed by atoms with Crippen molar-refractivity contribution in [2.45, 2.75) is 37.6 Å². The Morgan fingerprint density at radius 2 is 1.83 bits per heavy atom. The second-order valence-electron chi connectivity index (χ2n) is 7.13. The molecule has 2 aromatic carbocycles. The number of hydrogen-bond donors (Lipinski definition) is 1. The molecule has 0 fully saturated rings. The summed E-state index contributed by atoms with van der Waals surface area (Å²) in [5, 5.41) is 6.31. The molecule has 0 bridgehead atoms. The summed E-state index contributed by atoms with van der Waals surface area (Å²) in [6.45, 7) is 5.71. The van der Waals surface area contributed by atoms with Gasteiger partial charge >= 0.3 is 0 Å². The Hall–Kier alpha value is -2.77. The fourth-order valence-corrected chi connectivity index (χ4v) is 4.96. The summed E-state index contributed by atoms with van der Waals surface area (Å²) in [5.74, 6) is -0.103. The molecule has 1 amide bonds. The number of carbonyl (C=O) groups is 1. The quantitative estimate of drug-likeness (QED) is 0.324. The molecule has 7 heteroatoms. The van der Waals surface area contributed by atoms with Crippen molar-refractivity contribution in [2.24, 2.45) is 0 Å². The summed E-state index contributed by atoms with van der Waals surface area (Å²) in [4.78, 5) is 26.9. The number of rotatable bonds is 6. The van der Waals surface area contributed by atoms with Gasteiger partial charge in [-0.25, -0.2) is 15.0 Å². The Bertz CT molecular complexity index is 1180. The van der Waals surface area contributed by atoms with Crippen LogP contribution in [0.2, 0.25) is 0 Å². The zero-order valence-electron chi connectivity index (χ0n) is 17.0. The van der Waals surface area contributed by atoms with E-state index in [2.05, 4.69) is 62.7 Å². The highest BCUT2D eigenvalue weighted by molar-refractivity contribution is 8.00. The Morgan fingerprint density at radius 1 is 1.10 bits per heavy atom. The number of carbonyl (C=O) groups excluding carboxylic acids is 1. The summed E-state index contributed by atoms with van der Waals surface area (Å²) in [6, 6.07) is 16.6. The van der Waals surface area contributed by atoms with E-state index in [9.17, 15) is 4.79 Å². The minimum Gasteiger partial charge on any atom is -0.301 e. The molecule has 0 saturated heterocycles. The lowest BCUT2D eigenvalue weighted by Crippen LogP contribution is -2.22. The number of aromatic nitrogens is 3. The van der Waals surface area contributed by atoms with Crippen molar-refractivity contribution in [1.82, 2.24) is 15.0 Å². The Kier molecular flexibility index (Phi) is 6.11. The van der Waals surface area contributed by atoms with E-state index < -0.39 is 0 Å². The lowest BCUT2D eigenvalue weighted by atomic mass is 10.0. The predicted octanol–water partition coefficient (Wildman–Crippen LogP) is 5.41. The first-order valence-electron chi connectivity index (χ1n) is 9.69. The molecule has 4 rings (SSSR count). The van der Waals surface area contributed by atoms with Gasteiger partial charge in [0.15, 0.2) is 10.3 Å². The number of nitrogens with zero attached hydrogens (tertiary/aromatic N) is 3. The van der Waals surface area contributed by atoms with Gasteiger partial charge in [-0.05, 0) is 43.2 Å². The van der Waals surface area contributed by atoms with E-state index in [0.29, 0.717) is 10.3 Å². The van der Waals surface area contributed by atoms with Crippen molar-refractivity contribution in [1.29, 1.82) is 0 Å². The van der Waals surface area contributed by atoms with Crippen LogP contribution in [-0.2, 0) is 11.2 Å². The molecule has 5 nitrogen and oxygen atoms in total. The van der Waals surface area contributed by atoms with Gasteiger partial charge in [0.2, 0.25) is 5.91 Å². The van der Waals surface area contributed by atoms with Crippen LogP contribution in [0.3, 0.4) is 0 Å². The summed E-state index contributed by atoms with van der Waals surface area (Å²) in [6.07, 6.45) is 2.63. The highest BCUT2D eigenvalue weighted by Crippen LogP contribution is 2.27. The van der Waals surface area contributed by atoms with E-state index in [0.717, 1.165) is 22.7 Å².